The molecule has 1 aliphatic rings. The molecule has 1 amide bonds. The first-order valence-electron chi connectivity index (χ1n) is 6.99. The Morgan fingerprint density at radius 3 is 3.10 bits per heavy atom. The first-order chi connectivity index (χ1) is 9.61. The molecular formula is C15H21BrN2O2. The predicted octanol–water partition coefficient (Wildman–Crippen LogP) is 2.43. The third-order valence-electron chi connectivity index (χ3n) is 3.56. The van der Waals surface area contributed by atoms with Gasteiger partial charge in [0.15, 0.2) is 6.10 Å². The number of amides is 1. The smallest absolute Gasteiger partial charge is 0.263 e. The number of nitrogens with one attached hydrogen (secondary N) is 1. The number of likely N-dealkylation sites (tertiary alicyclic amines) is 1. The molecular weight excluding hydrogens is 320 g/mol. The van der Waals surface area contributed by atoms with E-state index in [9.17, 15) is 4.79 Å². The summed E-state index contributed by atoms with van der Waals surface area (Å²) in [6.07, 6.45) is 1.68. The van der Waals surface area contributed by atoms with Crippen LogP contribution in [0.15, 0.2) is 28.7 Å². The average molecular weight is 341 g/mol. The van der Waals surface area contributed by atoms with Gasteiger partial charge in [-0.15, -0.1) is 0 Å². The standard InChI is InChI=1S/C15H21BrN2O2/c1-11(20-14-7-3-5-12(16)9-14)15(19)18-8-4-6-13(18)10-17-2/h3,5,7,9,11,13,17H,4,6,8,10H2,1-2H3. The quantitative estimate of drug-likeness (QED) is 0.894. The van der Waals surface area contributed by atoms with Crippen molar-refractivity contribution in [3.63, 3.8) is 0 Å². The number of rotatable bonds is 5. The lowest BCUT2D eigenvalue weighted by atomic mass is 10.2. The summed E-state index contributed by atoms with van der Waals surface area (Å²) in [6, 6.07) is 7.86. The van der Waals surface area contributed by atoms with E-state index in [-0.39, 0.29) is 5.91 Å². The highest BCUT2D eigenvalue weighted by molar-refractivity contribution is 9.10. The van der Waals surface area contributed by atoms with Gasteiger partial charge in [-0.25, -0.2) is 0 Å². The first-order valence-corrected chi connectivity index (χ1v) is 7.78. The van der Waals surface area contributed by atoms with Crippen molar-refractivity contribution >= 4 is 21.8 Å². The molecule has 0 radical (unpaired) electrons. The Morgan fingerprint density at radius 2 is 2.40 bits per heavy atom. The van der Waals surface area contributed by atoms with Crippen LogP contribution in [0.5, 0.6) is 5.75 Å². The molecule has 0 spiro atoms. The van der Waals surface area contributed by atoms with Crippen LogP contribution in [0, 0.1) is 0 Å². The summed E-state index contributed by atoms with van der Waals surface area (Å²) in [5, 5.41) is 3.15. The van der Waals surface area contributed by atoms with Crippen LogP contribution in [0.1, 0.15) is 19.8 Å². The molecule has 4 nitrogen and oxygen atoms in total. The number of nitrogens with zero attached hydrogens (tertiary/aromatic N) is 1. The zero-order valence-corrected chi connectivity index (χ0v) is 13.5. The van der Waals surface area contributed by atoms with Gasteiger partial charge in [0.25, 0.3) is 5.91 Å². The summed E-state index contributed by atoms with van der Waals surface area (Å²) in [5.74, 6) is 0.785. The van der Waals surface area contributed by atoms with Crippen molar-refractivity contribution in [2.24, 2.45) is 0 Å². The van der Waals surface area contributed by atoms with E-state index in [1.807, 2.05) is 43.1 Å². The van der Waals surface area contributed by atoms with Crippen molar-refractivity contribution in [2.45, 2.75) is 31.9 Å². The van der Waals surface area contributed by atoms with Crippen LogP contribution in [-0.4, -0.2) is 43.1 Å². The van der Waals surface area contributed by atoms with Gasteiger partial charge in [0.2, 0.25) is 0 Å². The van der Waals surface area contributed by atoms with Crippen LogP contribution in [0.3, 0.4) is 0 Å². The Labute approximate surface area is 128 Å². The molecule has 1 aromatic rings. The minimum absolute atomic E-state index is 0.0720. The average Bonchev–Trinajstić information content (AvgIpc) is 2.86. The number of hydrogen-bond acceptors (Lipinski definition) is 3. The van der Waals surface area contributed by atoms with Gasteiger partial charge in [-0.05, 0) is 45.0 Å². The van der Waals surface area contributed by atoms with Crippen molar-refractivity contribution in [3.05, 3.63) is 28.7 Å². The van der Waals surface area contributed by atoms with Crippen LogP contribution in [0.25, 0.3) is 0 Å². The molecule has 0 aliphatic carbocycles. The highest BCUT2D eigenvalue weighted by Crippen LogP contribution is 2.22. The molecule has 1 saturated heterocycles. The molecule has 2 rings (SSSR count). The molecule has 1 aliphatic heterocycles. The van der Waals surface area contributed by atoms with Crippen molar-refractivity contribution < 1.29 is 9.53 Å². The maximum absolute atomic E-state index is 12.5. The number of likely N-dealkylation sites (N-methyl/N-ethyl adjacent to an activating group) is 1. The molecule has 1 heterocycles. The fraction of sp³-hybridized carbons (Fsp3) is 0.533. The van der Waals surface area contributed by atoms with E-state index in [0.29, 0.717) is 11.8 Å². The lowest BCUT2D eigenvalue weighted by Gasteiger charge is -2.27. The lowest BCUT2D eigenvalue weighted by molar-refractivity contribution is -0.138. The van der Waals surface area contributed by atoms with Crippen molar-refractivity contribution in [3.8, 4) is 5.75 Å². The molecule has 2 unspecified atom stereocenters. The van der Waals surface area contributed by atoms with Crippen molar-refractivity contribution in [1.82, 2.24) is 10.2 Å². The van der Waals surface area contributed by atoms with E-state index in [1.165, 1.54) is 0 Å². The largest absolute Gasteiger partial charge is 0.481 e. The molecule has 0 saturated carbocycles. The maximum atomic E-state index is 12.5. The van der Waals surface area contributed by atoms with E-state index >= 15 is 0 Å². The van der Waals surface area contributed by atoms with Crippen LogP contribution in [0.2, 0.25) is 0 Å². The molecule has 1 N–H and O–H groups in total. The van der Waals surface area contributed by atoms with Gasteiger partial charge in [-0.1, -0.05) is 22.0 Å². The summed E-state index contributed by atoms with van der Waals surface area (Å²) in [4.78, 5) is 14.4. The number of benzene rings is 1. The lowest BCUT2D eigenvalue weighted by Crippen LogP contribution is -2.46. The van der Waals surface area contributed by atoms with E-state index in [2.05, 4.69) is 21.2 Å². The Morgan fingerprint density at radius 1 is 1.60 bits per heavy atom. The molecule has 1 aromatic carbocycles. The van der Waals surface area contributed by atoms with Crippen LogP contribution < -0.4 is 10.1 Å². The maximum Gasteiger partial charge on any atom is 0.263 e. The summed E-state index contributed by atoms with van der Waals surface area (Å²) in [7, 11) is 1.92. The topological polar surface area (TPSA) is 41.6 Å². The second-order valence-electron chi connectivity index (χ2n) is 5.10. The zero-order valence-electron chi connectivity index (χ0n) is 11.9. The van der Waals surface area contributed by atoms with Gasteiger partial charge in [0.1, 0.15) is 5.75 Å². The van der Waals surface area contributed by atoms with Crippen molar-refractivity contribution in [1.29, 1.82) is 0 Å². The monoisotopic (exact) mass is 340 g/mol. The minimum Gasteiger partial charge on any atom is -0.481 e. The SMILES string of the molecule is CNCC1CCCN1C(=O)C(C)Oc1cccc(Br)c1. The van der Waals surface area contributed by atoms with E-state index in [4.69, 9.17) is 4.74 Å². The van der Waals surface area contributed by atoms with E-state index < -0.39 is 6.10 Å². The van der Waals surface area contributed by atoms with Gasteiger partial charge < -0.3 is 15.0 Å². The predicted molar refractivity (Wildman–Crippen MR) is 82.9 cm³/mol. The Hall–Kier alpha value is -1.07. The fourth-order valence-electron chi connectivity index (χ4n) is 2.60. The molecule has 5 heteroatoms. The highest BCUT2D eigenvalue weighted by Gasteiger charge is 2.31. The Bertz CT molecular complexity index is 467. The summed E-state index contributed by atoms with van der Waals surface area (Å²) >= 11 is 3.40. The van der Waals surface area contributed by atoms with Gasteiger partial charge in [0, 0.05) is 23.6 Å². The normalized spacial score (nSPS) is 19.9. The van der Waals surface area contributed by atoms with Gasteiger partial charge in [-0.2, -0.15) is 0 Å². The summed E-state index contributed by atoms with van der Waals surface area (Å²) in [5.41, 5.74) is 0. The van der Waals surface area contributed by atoms with Gasteiger partial charge in [-0.3, -0.25) is 4.79 Å². The minimum atomic E-state index is -0.457. The molecule has 110 valence electrons. The Balaban J connectivity index is 1.98. The third kappa shape index (κ3) is 3.73. The van der Waals surface area contributed by atoms with Crippen LogP contribution >= 0.6 is 15.9 Å². The molecule has 0 aromatic heterocycles. The number of ether oxygens (including phenoxy) is 1. The van der Waals surface area contributed by atoms with Gasteiger partial charge >= 0.3 is 0 Å². The third-order valence-corrected chi connectivity index (χ3v) is 4.05. The van der Waals surface area contributed by atoms with Crippen LogP contribution in [-0.2, 0) is 4.79 Å². The number of hydrogen-bond donors (Lipinski definition) is 1. The second-order valence-corrected chi connectivity index (χ2v) is 6.02. The number of halogens is 1. The van der Waals surface area contributed by atoms with E-state index in [1.54, 1.807) is 0 Å². The first kappa shape index (κ1) is 15.3. The summed E-state index contributed by atoms with van der Waals surface area (Å²) in [6.45, 7) is 3.49. The molecule has 0 bridgehead atoms. The van der Waals surface area contributed by atoms with Crippen molar-refractivity contribution in [2.75, 3.05) is 20.1 Å². The molecule has 2 atom stereocenters. The van der Waals surface area contributed by atoms with Crippen LogP contribution in [0.4, 0.5) is 0 Å². The summed E-state index contributed by atoms with van der Waals surface area (Å²) < 4.78 is 6.70. The zero-order chi connectivity index (χ0) is 14.5. The number of carbonyl (C=O) groups is 1. The highest BCUT2D eigenvalue weighted by atomic mass is 79.9. The number of carbonyl (C=O) groups excluding carboxylic acids is 1. The molecule has 20 heavy (non-hydrogen) atoms. The fourth-order valence-corrected chi connectivity index (χ4v) is 2.98. The van der Waals surface area contributed by atoms with Gasteiger partial charge in [0.05, 0.1) is 0 Å². The Kier molecular flexibility index (Phi) is 5.43. The molecule has 1 fully saturated rings. The van der Waals surface area contributed by atoms with E-state index in [0.717, 1.165) is 30.4 Å². The second kappa shape index (κ2) is 7.09.